The summed E-state index contributed by atoms with van der Waals surface area (Å²) in [7, 11) is 4.06. The van der Waals surface area contributed by atoms with Gasteiger partial charge in [-0.15, -0.1) is 0 Å². The molecule has 0 atom stereocenters. The predicted molar refractivity (Wildman–Crippen MR) is 130 cm³/mol. The number of carbonyl (C=O) groups excluding carboxylic acids is 1. The lowest BCUT2D eigenvalue weighted by Crippen LogP contribution is -2.08. The maximum atomic E-state index is 8.81. The number of aldehydes is 1. The highest BCUT2D eigenvalue weighted by Crippen LogP contribution is 2.26. The zero-order chi connectivity index (χ0) is 22.8. The van der Waals surface area contributed by atoms with Gasteiger partial charge in [0.1, 0.15) is 6.29 Å². The summed E-state index contributed by atoms with van der Waals surface area (Å²) in [5.74, 6) is 0.738. The normalized spacial score (nSPS) is 9.74. The molecule has 0 amide bonds. The molecule has 0 spiro atoms. The molecule has 0 aliphatic heterocycles. The second kappa shape index (κ2) is 11.5. The van der Waals surface area contributed by atoms with Crippen molar-refractivity contribution >= 4 is 29.1 Å². The van der Waals surface area contributed by atoms with Crippen LogP contribution in [-0.2, 0) is 4.79 Å². The maximum Gasteiger partial charge on any atom is 0.180 e. The van der Waals surface area contributed by atoms with Gasteiger partial charge in [-0.2, -0.15) is 0 Å². The molecule has 0 aliphatic carbocycles. The minimum atomic E-state index is 0.738. The molecule has 6 nitrogen and oxygen atoms in total. The van der Waals surface area contributed by atoms with Crippen molar-refractivity contribution in [3.8, 4) is 11.3 Å². The quantitative estimate of drug-likeness (QED) is 0.429. The largest absolute Gasteiger partial charge is 0.378 e. The molecule has 2 aromatic carbocycles. The molecule has 0 radical (unpaired) electrons. The summed E-state index contributed by atoms with van der Waals surface area (Å²) in [6.07, 6.45) is 6.39. The van der Waals surface area contributed by atoms with Gasteiger partial charge in [0, 0.05) is 43.4 Å². The van der Waals surface area contributed by atoms with Crippen LogP contribution in [0.15, 0.2) is 67.1 Å². The Kier molecular flexibility index (Phi) is 8.76. The molecule has 0 aliphatic rings. The first kappa shape index (κ1) is 23.6. The Morgan fingerprint density at radius 3 is 2.42 bits per heavy atom. The molecular weight excluding hydrogens is 386 g/mol. The number of hydrogen-bond donors (Lipinski definition) is 1. The SMILES string of the molecule is CC.CC=O.Cc1cccc(-c2cnc3c(Nc4cccc(N(C)C)c4)nccn23)c1. The molecule has 1 N–H and O–H groups in total. The van der Waals surface area contributed by atoms with Gasteiger partial charge in [-0.05, 0) is 38.1 Å². The van der Waals surface area contributed by atoms with E-state index in [-0.39, 0.29) is 0 Å². The number of anilines is 3. The van der Waals surface area contributed by atoms with Gasteiger partial charge in [-0.25, -0.2) is 9.97 Å². The molecule has 4 aromatic rings. The van der Waals surface area contributed by atoms with Crippen LogP contribution in [0, 0.1) is 6.92 Å². The summed E-state index contributed by atoms with van der Waals surface area (Å²) in [5.41, 5.74) is 6.34. The fourth-order valence-corrected chi connectivity index (χ4v) is 3.02. The van der Waals surface area contributed by atoms with Crippen molar-refractivity contribution in [3.05, 3.63) is 72.7 Å². The van der Waals surface area contributed by atoms with Crippen molar-refractivity contribution in [3.63, 3.8) is 0 Å². The van der Waals surface area contributed by atoms with E-state index in [1.54, 1.807) is 6.20 Å². The third-order valence-corrected chi connectivity index (χ3v) is 4.37. The van der Waals surface area contributed by atoms with Crippen molar-refractivity contribution in [2.24, 2.45) is 0 Å². The van der Waals surface area contributed by atoms with E-state index in [0.29, 0.717) is 0 Å². The lowest BCUT2D eigenvalue weighted by atomic mass is 10.1. The minimum absolute atomic E-state index is 0.738. The summed E-state index contributed by atoms with van der Waals surface area (Å²) >= 11 is 0. The summed E-state index contributed by atoms with van der Waals surface area (Å²) in [5, 5.41) is 3.40. The number of fused-ring (bicyclic) bond motifs is 1. The molecule has 6 heteroatoms. The number of nitrogens with zero attached hydrogens (tertiary/aromatic N) is 4. The van der Waals surface area contributed by atoms with Crippen LogP contribution in [0.1, 0.15) is 26.3 Å². The molecule has 0 bridgehead atoms. The van der Waals surface area contributed by atoms with Gasteiger partial charge in [-0.3, -0.25) is 4.40 Å². The van der Waals surface area contributed by atoms with Crippen molar-refractivity contribution in [2.45, 2.75) is 27.7 Å². The highest BCUT2D eigenvalue weighted by atomic mass is 16.1. The number of aryl methyl sites for hydroxylation is 1. The molecule has 162 valence electrons. The summed E-state index contributed by atoms with van der Waals surface area (Å²) in [6, 6.07) is 16.7. The molecule has 4 rings (SSSR count). The lowest BCUT2D eigenvalue weighted by Gasteiger charge is -2.14. The number of benzene rings is 2. The first-order chi connectivity index (χ1) is 15.0. The summed E-state index contributed by atoms with van der Waals surface area (Å²) in [4.78, 5) is 20.0. The topological polar surface area (TPSA) is 62.5 Å². The Balaban J connectivity index is 0.000000630. The Morgan fingerprint density at radius 2 is 1.74 bits per heavy atom. The van der Waals surface area contributed by atoms with Crippen LogP contribution in [0.3, 0.4) is 0 Å². The first-order valence-corrected chi connectivity index (χ1v) is 10.4. The Bertz CT molecular complexity index is 1120. The second-order valence-corrected chi connectivity index (χ2v) is 6.79. The Morgan fingerprint density at radius 1 is 1.03 bits per heavy atom. The third-order valence-electron chi connectivity index (χ3n) is 4.37. The molecule has 0 fully saturated rings. The lowest BCUT2D eigenvalue weighted by molar-refractivity contribution is -0.106. The average Bonchev–Trinajstić information content (AvgIpc) is 3.21. The zero-order valence-electron chi connectivity index (χ0n) is 19.1. The highest BCUT2D eigenvalue weighted by Gasteiger charge is 2.11. The minimum Gasteiger partial charge on any atom is -0.378 e. The van der Waals surface area contributed by atoms with Crippen molar-refractivity contribution in [1.29, 1.82) is 0 Å². The van der Waals surface area contributed by atoms with Gasteiger partial charge in [0.05, 0.1) is 11.9 Å². The van der Waals surface area contributed by atoms with Crippen LogP contribution in [0.5, 0.6) is 0 Å². The molecule has 2 aromatic heterocycles. The van der Waals surface area contributed by atoms with Crippen LogP contribution in [-0.4, -0.2) is 34.8 Å². The summed E-state index contributed by atoms with van der Waals surface area (Å²) in [6.45, 7) is 7.54. The van der Waals surface area contributed by atoms with E-state index in [2.05, 4.69) is 67.9 Å². The van der Waals surface area contributed by atoms with Gasteiger partial charge in [0.2, 0.25) is 0 Å². The fourth-order valence-electron chi connectivity index (χ4n) is 3.02. The highest BCUT2D eigenvalue weighted by molar-refractivity contribution is 5.75. The zero-order valence-corrected chi connectivity index (χ0v) is 19.1. The standard InChI is InChI=1S/C21H21N5.C2H4O.C2H6/c1-15-6-4-7-16(12-15)19-14-23-21-20(22-10-11-26(19)21)24-17-8-5-9-18(13-17)25(2)3;1-2-3;1-2/h4-14H,1-3H3,(H,22,24);2H,1H3;1-2H3. The van der Waals surface area contributed by atoms with E-state index >= 15 is 0 Å². The van der Waals surface area contributed by atoms with Crippen LogP contribution in [0.2, 0.25) is 0 Å². The average molecular weight is 418 g/mol. The number of aromatic nitrogens is 3. The van der Waals surface area contributed by atoms with E-state index in [9.17, 15) is 0 Å². The molecule has 31 heavy (non-hydrogen) atoms. The Labute approximate surface area is 184 Å². The maximum absolute atomic E-state index is 8.81. The van der Waals surface area contributed by atoms with E-state index in [1.165, 1.54) is 12.5 Å². The molecule has 0 unspecified atom stereocenters. The van der Waals surface area contributed by atoms with Gasteiger partial charge in [0.15, 0.2) is 11.5 Å². The fraction of sp³-hybridized carbons (Fsp3) is 0.240. The van der Waals surface area contributed by atoms with E-state index in [1.807, 2.05) is 52.5 Å². The van der Waals surface area contributed by atoms with Crippen LogP contribution < -0.4 is 10.2 Å². The van der Waals surface area contributed by atoms with Crippen LogP contribution in [0.4, 0.5) is 17.2 Å². The number of carbonyl (C=O) groups is 1. The Hall–Kier alpha value is -3.67. The van der Waals surface area contributed by atoms with E-state index in [4.69, 9.17) is 4.79 Å². The van der Waals surface area contributed by atoms with Gasteiger partial charge in [0.25, 0.3) is 0 Å². The molecule has 2 heterocycles. The van der Waals surface area contributed by atoms with Crippen LogP contribution >= 0.6 is 0 Å². The number of nitrogens with one attached hydrogen (secondary N) is 1. The smallest absolute Gasteiger partial charge is 0.180 e. The van der Waals surface area contributed by atoms with E-state index < -0.39 is 0 Å². The first-order valence-electron chi connectivity index (χ1n) is 10.4. The predicted octanol–water partition coefficient (Wildman–Crippen LogP) is 5.75. The third kappa shape index (κ3) is 5.92. The van der Waals surface area contributed by atoms with Crippen molar-refractivity contribution in [1.82, 2.24) is 14.4 Å². The molecule has 0 saturated carbocycles. The molecular formula is C25H31N5O. The van der Waals surface area contributed by atoms with Crippen molar-refractivity contribution in [2.75, 3.05) is 24.3 Å². The van der Waals surface area contributed by atoms with Gasteiger partial charge >= 0.3 is 0 Å². The van der Waals surface area contributed by atoms with E-state index in [0.717, 1.165) is 40.4 Å². The summed E-state index contributed by atoms with van der Waals surface area (Å²) < 4.78 is 2.07. The van der Waals surface area contributed by atoms with Crippen LogP contribution in [0.25, 0.3) is 16.9 Å². The van der Waals surface area contributed by atoms with Gasteiger partial charge < -0.3 is 15.0 Å². The second-order valence-electron chi connectivity index (χ2n) is 6.79. The molecule has 0 saturated heterocycles. The number of imidazole rings is 1. The van der Waals surface area contributed by atoms with Crippen molar-refractivity contribution < 1.29 is 4.79 Å². The number of hydrogen-bond acceptors (Lipinski definition) is 5. The van der Waals surface area contributed by atoms with Gasteiger partial charge in [-0.1, -0.05) is 43.7 Å². The monoisotopic (exact) mass is 417 g/mol. The number of rotatable bonds is 4.